The fraction of sp³-hybridized carbons (Fsp3) is 0.350. The van der Waals surface area contributed by atoms with E-state index in [0.29, 0.717) is 23.7 Å². The second-order valence-electron chi connectivity index (χ2n) is 5.29. The van der Waals surface area contributed by atoms with Crippen LogP contribution in [-0.2, 0) is 4.74 Å². The smallest absolute Gasteiger partial charge is 0.341 e. The summed E-state index contributed by atoms with van der Waals surface area (Å²) >= 11 is 1.60. The van der Waals surface area contributed by atoms with E-state index in [-0.39, 0.29) is 5.97 Å². The Labute approximate surface area is 147 Å². The van der Waals surface area contributed by atoms with Crippen molar-refractivity contribution in [2.24, 2.45) is 0 Å². The number of allylic oxidation sites excluding steroid dienone is 2. The molecule has 0 aliphatic heterocycles. The Morgan fingerprint density at radius 3 is 2.92 bits per heavy atom. The highest BCUT2D eigenvalue weighted by Crippen LogP contribution is 2.23. The molecule has 0 saturated heterocycles. The van der Waals surface area contributed by atoms with Gasteiger partial charge < -0.3 is 9.15 Å². The average Bonchev–Trinajstić information content (AvgIpc) is 3.20. The summed E-state index contributed by atoms with van der Waals surface area (Å²) in [7, 11) is 0. The van der Waals surface area contributed by atoms with E-state index in [1.165, 1.54) is 0 Å². The van der Waals surface area contributed by atoms with E-state index in [1.54, 1.807) is 31.3 Å². The van der Waals surface area contributed by atoms with E-state index in [1.807, 2.05) is 17.5 Å². The molecule has 0 N–H and O–H groups in total. The van der Waals surface area contributed by atoms with E-state index < -0.39 is 0 Å². The summed E-state index contributed by atoms with van der Waals surface area (Å²) < 4.78 is 10.8. The molecule has 0 radical (unpaired) electrons. The number of aryl methyl sites for hydroxylation is 1. The fourth-order valence-electron chi connectivity index (χ4n) is 2.17. The third-order valence-corrected chi connectivity index (χ3v) is 4.21. The summed E-state index contributed by atoms with van der Waals surface area (Å²) in [6, 6.07) is 5.69. The number of furan rings is 1. The number of ether oxygens (including phenoxy) is 1. The van der Waals surface area contributed by atoms with Gasteiger partial charge in [-0.25, -0.2) is 4.79 Å². The predicted octanol–water partition coefficient (Wildman–Crippen LogP) is 5.45. The zero-order chi connectivity index (χ0) is 17.4. The monoisotopic (exact) mass is 342 g/mol. The summed E-state index contributed by atoms with van der Waals surface area (Å²) in [5, 5.41) is 2.00. The number of hydrogen-bond donors (Lipinski definition) is 0. The van der Waals surface area contributed by atoms with Crippen molar-refractivity contribution in [3.63, 3.8) is 0 Å². The lowest BCUT2D eigenvalue weighted by atomic mass is 10.1. The summed E-state index contributed by atoms with van der Waals surface area (Å²) in [4.78, 5) is 13.0. The van der Waals surface area contributed by atoms with Crippen LogP contribution in [0.2, 0.25) is 0 Å². The van der Waals surface area contributed by atoms with Gasteiger partial charge in [-0.3, -0.25) is 0 Å². The number of unbranched alkanes of at least 4 members (excludes halogenated alkanes) is 2. The Kier molecular flexibility index (Phi) is 6.89. The summed E-state index contributed by atoms with van der Waals surface area (Å²) in [6.07, 6.45) is 5.22. The summed E-state index contributed by atoms with van der Waals surface area (Å²) in [5.74, 6) is 7.16. The Morgan fingerprint density at radius 1 is 1.42 bits per heavy atom. The number of carbonyl (C=O) groups excluding carboxylic acids is 1. The van der Waals surface area contributed by atoms with E-state index in [0.717, 1.165) is 29.7 Å². The van der Waals surface area contributed by atoms with Gasteiger partial charge in [-0.15, -0.1) is 11.3 Å². The molecule has 0 unspecified atom stereocenters. The van der Waals surface area contributed by atoms with Crippen molar-refractivity contribution < 1.29 is 13.9 Å². The van der Waals surface area contributed by atoms with Gasteiger partial charge in [0.15, 0.2) is 0 Å². The van der Waals surface area contributed by atoms with Crippen molar-refractivity contribution in [1.82, 2.24) is 0 Å². The van der Waals surface area contributed by atoms with E-state index >= 15 is 0 Å². The molecule has 0 aromatic carbocycles. The minimum atomic E-state index is -0.357. The topological polar surface area (TPSA) is 39.4 Å². The van der Waals surface area contributed by atoms with Crippen molar-refractivity contribution >= 4 is 22.9 Å². The molecule has 126 valence electrons. The maximum atomic E-state index is 12.0. The lowest BCUT2D eigenvalue weighted by Gasteiger charge is -1.97. The van der Waals surface area contributed by atoms with Crippen LogP contribution in [0.3, 0.4) is 0 Å². The maximum Gasteiger partial charge on any atom is 0.341 e. The molecule has 0 bridgehead atoms. The van der Waals surface area contributed by atoms with Crippen LogP contribution in [0.25, 0.3) is 5.57 Å². The second kappa shape index (κ2) is 9.14. The summed E-state index contributed by atoms with van der Waals surface area (Å²) in [5.41, 5.74) is 1.28. The molecule has 0 saturated carbocycles. The lowest BCUT2D eigenvalue weighted by molar-refractivity contribution is 0.0524. The van der Waals surface area contributed by atoms with Crippen LogP contribution >= 0.6 is 11.3 Å². The molecule has 2 aromatic rings. The third kappa shape index (κ3) is 4.87. The standard InChI is InChI=1S/C20H22O3S/c1-4-6-7-9-16(11-12-17-10-8-13-24-17)19-14-18(15(3)23-19)20(21)22-5-2/h8-10,13-14H,4-7H2,1-3H3/b16-9+. The fourth-order valence-corrected chi connectivity index (χ4v) is 2.74. The van der Waals surface area contributed by atoms with Crippen LogP contribution in [0.1, 0.15) is 59.9 Å². The Bertz CT molecular complexity index is 755. The highest BCUT2D eigenvalue weighted by Gasteiger charge is 2.17. The van der Waals surface area contributed by atoms with Crippen LogP contribution in [0.5, 0.6) is 0 Å². The van der Waals surface area contributed by atoms with Crippen LogP contribution < -0.4 is 0 Å². The molecule has 3 nitrogen and oxygen atoms in total. The summed E-state index contributed by atoms with van der Waals surface area (Å²) in [6.45, 7) is 6.06. The number of rotatable bonds is 6. The Hall–Kier alpha value is -2.25. The normalized spacial score (nSPS) is 11.0. The molecule has 4 heteroatoms. The van der Waals surface area contributed by atoms with E-state index in [4.69, 9.17) is 9.15 Å². The van der Waals surface area contributed by atoms with Gasteiger partial charge in [-0.05, 0) is 37.8 Å². The van der Waals surface area contributed by atoms with Crippen LogP contribution in [0, 0.1) is 18.8 Å². The highest BCUT2D eigenvalue weighted by molar-refractivity contribution is 7.10. The highest BCUT2D eigenvalue weighted by atomic mass is 32.1. The molecule has 0 aliphatic carbocycles. The van der Waals surface area contributed by atoms with Crippen LogP contribution in [-0.4, -0.2) is 12.6 Å². The Balaban J connectivity index is 2.31. The first kappa shape index (κ1) is 18.1. The molecule has 0 atom stereocenters. The maximum absolute atomic E-state index is 12.0. The van der Waals surface area contributed by atoms with Gasteiger partial charge in [-0.2, -0.15) is 0 Å². The minimum Gasteiger partial charge on any atom is -0.462 e. The first-order valence-electron chi connectivity index (χ1n) is 8.19. The van der Waals surface area contributed by atoms with Gasteiger partial charge in [0.25, 0.3) is 0 Å². The molecule has 0 aliphatic rings. The zero-order valence-electron chi connectivity index (χ0n) is 14.3. The SMILES string of the molecule is CCCC/C=C(\C#Cc1cccs1)c1cc(C(=O)OCC)c(C)o1. The molecule has 2 rings (SSSR count). The van der Waals surface area contributed by atoms with Crippen LogP contribution in [0.4, 0.5) is 0 Å². The van der Waals surface area contributed by atoms with Gasteiger partial charge in [-0.1, -0.05) is 43.7 Å². The second-order valence-corrected chi connectivity index (χ2v) is 6.24. The number of carbonyl (C=O) groups is 1. The molecule has 0 amide bonds. The van der Waals surface area contributed by atoms with Gasteiger partial charge in [0.2, 0.25) is 0 Å². The largest absolute Gasteiger partial charge is 0.462 e. The zero-order valence-corrected chi connectivity index (χ0v) is 15.2. The van der Waals surface area contributed by atoms with Crippen LogP contribution in [0.15, 0.2) is 34.1 Å². The van der Waals surface area contributed by atoms with Gasteiger partial charge in [0, 0.05) is 0 Å². The molecule has 0 fully saturated rings. The van der Waals surface area contributed by atoms with Crippen molar-refractivity contribution in [1.29, 1.82) is 0 Å². The average molecular weight is 342 g/mol. The van der Waals surface area contributed by atoms with Gasteiger partial charge in [0.05, 0.1) is 17.1 Å². The molecule has 24 heavy (non-hydrogen) atoms. The molecular formula is C20H22O3S. The third-order valence-electron chi connectivity index (χ3n) is 3.43. The molecule has 0 spiro atoms. The number of thiophene rings is 1. The van der Waals surface area contributed by atoms with Gasteiger partial charge in [0.1, 0.15) is 17.1 Å². The molecular weight excluding hydrogens is 320 g/mol. The first-order valence-corrected chi connectivity index (χ1v) is 9.07. The van der Waals surface area contributed by atoms with E-state index in [9.17, 15) is 4.79 Å². The van der Waals surface area contributed by atoms with Crippen molar-refractivity contribution in [3.05, 3.63) is 51.6 Å². The van der Waals surface area contributed by atoms with E-state index in [2.05, 4.69) is 24.8 Å². The first-order chi connectivity index (χ1) is 11.7. The van der Waals surface area contributed by atoms with Crippen molar-refractivity contribution in [2.75, 3.05) is 6.61 Å². The van der Waals surface area contributed by atoms with Crippen molar-refractivity contribution in [3.8, 4) is 11.8 Å². The Morgan fingerprint density at radius 2 is 2.25 bits per heavy atom. The predicted molar refractivity (Wildman–Crippen MR) is 98.1 cm³/mol. The molecule has 2 aromatic heterocycles. The van der Waals surface area contributed by atoms with Gasteiger partial charge >= 0.3 is 5.97 Å². The quantitative estimate of drug-likeness (QED) is 0.398. The van der Waals surface area contributed by atoms with Crippen molar-refractivity contribution in [2.45, 2.75) is 40.0 Å². The lowest BCUT2D eigenvalue weighted by Crippen LogP contribution is -2.04. The minimum absolute atomic E-state index is 0.343. The number of esters is 1. The molecule has 2 heterocycles. The number of hydrogen-bond acceptors (Lipinski definition) is 4.